The fourth-order valence-electron chi connectivity index (χ4n) is 2.53. The van der Waals surface area contributed by atoms with E-state index >= 15 is 0 Å². The highest BCUT2D eigenvalue weighted by atomic mass is 16.5. The molecule has 1 saturated carbocycles. The standard InChI is InChI=1S/C14H25NO3/c1-4-5-7-10(2)13(16)15-12-9-6-8-11(12)14(17)18-3/h10-12H,4-9H2,1-3H3,(H,15,16)/t10-,11-,12+/m0/s1. The molecule has 1 rings (SSSR count). The number of amides is 1. The van der Waals surface area contributed by atoms with Gasteiger partial charge in [-0.15, -0.1) is 0 Å². The van der Waals surface area contributed by atoms with Gasteiger partial charge in [-0.25, -0.2) is 0 Å². The summed E-state index contributed by atoms with van der Waals surface area (Å²) in [5, 5.41) is 3.01. The topological polar surface area (TPSA) is 55.4 Å². The molecule has 0 saturated heterocycles. The second kappa shape index (κ2) is 7.39. The number of carbonyl (C=O) groups is 2. The van der Waals surface area contributed by atoms with Crippen molar-refractivity contribution in [2.24, 2.45) is 11.8 Å². The number of hydrogen-bond acceptors (Lipinski definition) is 3. The molecular formula is C14H25NO3. The van der Waals surface area contributed by atoms with Gasteiger partial charge < -0.3 is 10.1 Å². The van der Waals surface area contributed by atoms with Crippen molar-refractivity contribution in [2.75, 3.05) is 7.11 Å². The quantitative estimate of drug-likeness (QED) is 0.741. The monoisotopic (exact) mass is 255 g/mol. The highest BCUT2D eigenvalue weighted by Gasteiger charge is 2.35. The molecule has 0 bridgehead atoms. The lowest BCUT2D eigenvalue weighted by Crippen LogP contribution is -2.42. The second-order valence-corrected chi connectivity index (χ2v) is 5.22. The molecule has 0 unspecified atom stereocenters. The van der Waals surface area contributed by atoms with E-state index < -0.39 is 0 Å². The molecule has 0 aromatic rings. The fraction of sp³-hybridized carbons (Fsp3) is 0.857. The van der Waals surface area contributed by atoms with Crippen molar-refractivity contribution in [3.63, 3.8) is 0 Å². The van der Waals surface area contributed by atoms with Crippen LogP contribution in [-0.2, 0) is 14.3 Å². The van der Waals surface area contributed by atoms with E-state index in [0.29, 0.717) is 0 Å². The number of carbonyl (C=O) groups excluding carboxylic acids is 2. The van der Waals surface area contributed by atoms with Crippen LogP contribution in [0.15, 0.2) is 0 Å². The molecule has 1 fully saturated rings. The summed E-state index contributed by atoms with van der Waals surface area (Å²) in [7, 11) is 1.41. The lowest BCUT2D eigenvalue weighted by atomic mass is 10.0. The number of nitrogens with one attached hydrogen (secondary N) is 1. The van der Waals surface area contributed by atoms with Gasteiger partial charge in [0.2, 0.25) is 5.91 Å². The SMILES string of the molecule is CCCC[C@H](C)C(=O)N[C@@H]1CCC[C@@H]1C(=O)OC. The first kappa shape index (κ1) is 15.0. The predicted molar refractivity (Wildman–Crippen MR) is 70.0 cm³/mol. The lowest BCUT2D eigenvalue weighted by Gasteiger charge is -2.21. The molecule has 0 aliphatic heterocycles. The van der Waals surface area contributed by atoms with Crippen molar-refractivity contribution in [3.05, 3.63) is 0 Å². The summed E-state index contributed by atoms with van der Waals surface area (Å²) in [5.74, 6) is -0.246. The highest BCUT2D eigenvalue weighted by Crippen LogP contribution is 2.27. The zero-order valence-corrected chi connectivity index (χ0v) is 11.7. The number of methoxy groups -OCH3 is 1. The Labute approximate surface area is 109 Å². The van der Waals surface area contributed by atoms with Crippen molar-refractivity contribution in [1.82, 2.24) is 5.32 Å². The van der Waals surface area contributed by atoms with Crippen LogP contribution < -0.4 is 5.32 Å². The number of esters is 1. The fourth-order valence-corrected chi connectivity index (χ4v) is 2.53. The smallest absolute Gasteiger partial charge is 0.310 e. The molecule has 3 atom stereocenters. The number of ether oxygens (including phenoxy) is 1. The van der Waals surface area contributed by atoms with Gasteiger partial charge in [-0.05, 0) is 19.3 Å². The van der Waals surface area contributed by atoms with Crippen LogP contribution in [-0.4, -0.2) is 25.0 Å². The van der Waals surface area contributed by atoms with E-state index in [4.69, 9.17) is 4.74 Å². The van der Waals surface area contributed by atoms with Crippen LogP contribution in [0, 0.1) is 11.8 Å². The Hall–Kier alpha value is -1.06. The average Bonchev–Trinajstić information content (AvgIpc) is 2.82. The minimum Gasteiger partial charge on any atom is -0.469 e. The van der Waals surface area contributed by atoms with Crippen LogP contribution in [0.2, 0.25) is 0 Å². The Morgan fingerprint density at radius 2 is 2.11 bits per heavy atom. The third-order valence-corrected chi connectivity index (χ3v) is 3.79. The molecule has 18 heavy (non-hydrogen) atoms. The van der Waals surface area contributed by atoms with E-state index in [1.54, 1.807) is 0 Å². The molecule has 1 aliphatic rings. The normalized spacial score (nSPS) is 24.6. The Kier molecular flexibility index (Phi) is 6.16. The maximum absolute atomic E-state index is 12.0. The van der Waals surface area contributed by atoms with Crippen LogP contribution in [0.25, 0.3) is 0 Å². The molecule has 1 aliphatic carbocycles. The number of rotatable bonds is 6. The van der Waals surface area contributed by atoms with Gasteiger partial charge in [-0.1, -0.05) is 33.1 Å². The molecule has 0 spiro atoms. The van der Waals surface area contributed by atoms with E-state index in [9.17, 15) is 9.59 Å². The van der Waals surface area contributed by atoms with Gasteiger partial charge in [-0.2, -0.15) is 0 Å². The van der Waals surface area contributed by atoms with Crippen molar-refractivity contribution >= 4 is 11.9 Å². The number of unbranched alkanes of at least 4 members (excludes halogenated alkanes) is 1. The van der Waals surface area contributed by atoms with Crippen molar-refractivity contribution < 1.29 is 14.3 Å². The predicted octanol–water partition coefficient (Wildman–Crippen LogP) is 2.27. The molecule has 0 heterocycles. The van der Waals surface area contributed by atoms with Gasteiger partial charge in [-0.3, -0.25) is 9.59 Å². The molecule has 104 valence electrons. The summed E-state index contributed by atoms with van der Waals surface area (Å²) in [6, 6.07) is -0.0333. The van der Waals surface area contributed by atoms with E-state index in [1.807, 2.05) is 6.92 Å². The van der Waals surface area contributed by atoms with E-state index in [-0.39, 0.29) is 29.8 Å². The van der Waals surface area contributed by atoms with Gasteiger partial charge in [0.05, 0.1) is 13.0 Å². The summed E-state index contributed by atoms with van der Waals surface area (Å²) in [6.45, 7) is 4.07. The molecule has 1 N–H and O–H groups in total. The molecule has 0 aromatic heterocycles. The van der Waals surface area contributed by atoms with E-state index in [2.05, 4.69) is 12.2 Å². The minimum absolute atomic E-state index is 0.0313. The average molecular weight is 255 g/mol. The summed E-state index contributed by atoms with van der Waals surface area (Å²) in [5.41, 5.74) is 0. The lowest BCUT2D eigenvalue weighted by molar-refractivity contribution is -0.146. The molecule has 0 radical (unpaired) electrons. The molecule has 4 nitrogen and oxygen atoms in total. The summed E-state index contributed by atoms with van der Waals surface area (Å²) < 4.78 is 4.78. The molecule has 1 amide bonds. The van der Waals surface area contributed by atoms with Crippen LogP contribution >= 0.6 is 0 Å². The summed E-state index contributed by atoms with van der Waals surface area (Å²) in [6.07, 6.45) is 5.77. The van der Waals surface area contributed by atoms with Crippen LogP contribution in [0.5, 0.6) is 0 Å². The van der Waals surface area contributed by atoms with Crippen LogP contribution in [0.4, 0.5) is 0 Å². The zero-order chi connectivity index (χ0) is 13.5. The van der Waals surface area contributed by atoms with Gasteiger partial charge in [0.15, 0.2) is 0 Å². The Bertz CT molecular complexity index is 291. The molecular weight excluding hydrogens is 230 g/mol. The van der Waals surface area contributed by atoms with Gasteiger partial charge in [0, 0.05) is 12.0 Å². The zero-order valence-electron chi connectivity index (χ0n) is 11.7. The summed E-state index contributed by atoms with van der Waals surface area (Å²) in [4.78, 5) is 23.6. The third kappa shape index (κ3) is 4.00. The maximum atomic E-state index is 12.0. The third-order valence-electron chi connectivity index (χ3n) is 3.79. The van der Waals surface area contributed by atoms with Gasteiger partial charge in [0.1, 0.15) is 0 Å². The molecule has 0 aromatic carbocycles. The first-order chi connectivity index (χ1) is 8.60. The molecule has 4 heteroatoms. The van der Waals surface area contributed by atoms with Crippen LogP contribution in [0.3, 0.4) is 0 Å². The Morgan fingerprint density at radius 3 is 2.72 bits per heavy atom. The largest absolute Gasteiger partial charge is 0.469 e. The van der Waals surface area contributed by atoms with Crippen molar-refractivity contribution in [1.29, 1.82) is 0 Å². The van der Waals surface area contributed by atoms with E-state index in [1.165, 1.54) is 7.11 Å². The van der Waals surface area contributed by atoms with Crippen LogP contribution in [0.1, 0.15) is 52.4 Å². The Balaban J connectivity index is 2.45. The second-order valence-electron chi connectivity index (χ2n) is 5.22. The van der Waals surface area contributed by atoms with E-state index in [0.717, 1.165) is 38.5 Å². The first-order valence-electron chi connectivity index (χ1n) is 6.98. The van der Waals surface area contributed by atoms with Gasteiger partial charge in [0.25, 0.3) is 0 Å². The minimum atomic E-state index is -0.195. The number of hydrogen-bond donors (Lipinski definition) is 1. The maximum Gasteiger partial charge on any atom is 0.310 e. The highest BCUT2D eigenvalue weighted by molar-refractivity contribution is 5.80. The van der Waals surface area contributed by atoms with Crippen molar-refractivity contribution in [3.8, 4) is 0 Å². The van der Waals surface area contributed by atoms with Crippen molar-refractivity contribution in [2.45, 2.75) is 58.4 Å². The first-order valence-corrected chi connectivity index (χ1v) is 6.98. The Morgan fingerprint density at radius 1 is 1.39 bits per heavy atom. The summed E-state index contributed by atoms with van der Waals surface area (Å²) >= 11 is 0. The van der Waals surface area contributed by atoms with Gasteiger partial charge >= 0.3 is 5.97 Å².